The lowest BCUT2D eigenvalue weighted by molar-refractivity contribution is 0.634. The van der Waals surface area contributed by atoms with Gasteiger partial charge in [0.1, 0.15) is 10.7 Å². The van der Waals surface area contributed by atoms with Crippen LogP contribution in [0, 0.1) is 25.2 Å². The fraction of sp³-hybridized carbons (Fsp3) is 0.208. The molecular weight excluding hydrogens is 378 g/mol. The zero-order valence-electron chi connectivity index (χ0n) is 16.5. The summed E-state index contributed by atoms with van der Waals surface area (Å²) >= 11 is 1.50. The normalized spacial score (nSPS) is 10.9. The Bertz CT molecular complexity index is 1260. The van der Waals surface area contributed by atoms with Gasteiger partial charge in [0, 0.05) is 29.5 Å². The maximum Gasteiger partial charge on any atom is 0.263 e. The molecule has 144 valence electrons. The molecule has 0 bridgehead atoms. The van der Waals surface area contributed by atoms with Crippen LogP contribution in [-0.2, 0) is 6.54 Å². The molecule has 0 N–H and O–H groups in total. The maximum atomic E-state index is 13.6. The highest BCUT2D eigenvalue weighted by atomic mass is 32.1. The van der Waals surface area contributed by atoms with Crippen molar-refractivity contribution >= 4 is 21.6 Å². The van der Waals surface area contributed by atoms with Crippen LogP contribution in [0.5, 0.6) is 0 Å². The number of hydrogen-bond donors (Lipinski definition) is 0. The maximum absolute atomic E-state index is 13.6. The average Bonchev–Trinajstić information content (AvgIpc) is 3.15. The minimum atomic E-state index is -0.0414. The van der Waals surface area contributed by atoms with Crippen LogP contribution in [0.1, 0.15) is 24.0 Å². The zero-order valence-corrected chi connectivity index (χ0v) is 17.3. The summed E-state index contributed by atoms with van der Waals surface area (Å²) in [5.74, 6) is 0.665. The van der Waals surface area contributed by atoms with Crippen molar-refractivity contribution < 1.29 is 0 Å². The number of hydrogen-bond acceptors (Lipinski definition) is 4. The molecule has 2 heterocycles. The van der Waals surface area contributed by atoms with Gasteiger partial charge in [-0.25, -0.2) is 4.98 Å². The Morgan fingerprint density at radius 3 is 2.24 bits per heavy atom. The molecule has 29 heavy (non-hydrogen) atoms. The fourth-order valence-electron chi connectivity index (χ4n) is 3.42. The highest BCUT2D eigenvalue weighted by Crippen LogP contribution is 2.32. The van der Waals surface area contributed by atoms with Crippen molar-refractivity contribution in [3.8, 4) is 28.6 Å². The van der Waals surface area contributed by atoms with Gasteiger partial charge in [0.05, 0.1) is 11.5 Å². The largest absolute Gasteiger partial charge is 0.292 e. The number of benzene rings is 2. The molecule has 0 aliphatic rings. The van der Waals surface area contributed by atoms with Crippen molar-refractivity contribution in [3.63, 3.8) is 0 Å². The number of thiophene rings is 1. The fourth-order valence-corrected chi connectivity index (χ4v) is 4.35. The van der Waals surface area contributed by atoms with E-state index in [0.717, 1.165) is 27.1 Å². The van der Waals surface area contributed by atoms with Crippen LogP contribution < -0.4 is 5.56 Å². The van der Waals surface area contributed by atoms with Gasteiger partial charge in [0.25, 0.3) is 5.56 Å². The van der Waals surface area contributed by atoms with E-state index in [0.29, 0.717) is 30.6 Å². The van der Waals surface area contributed by atoms with Gasteiger partial charge < -0.3 is 0 Å². The summed E-state index contributed by atoms with van der Waals surface area (Å²) in [5, 5.41) is 11.6. The lowest BCUT2D eigenvalue weighted by Crippen LogP contribution is -2.23. The molecule has 0 spiro atoms. The van der Waals surface area contributed by atoms with E-state index in [2.05, 4.69) is 18.2 Å². The molecular formula is C24H21N3OS. The first-order valence-corrected chi connectivity index (χ1v) is 10.5. The van der Waals surface area contributed by atoms with Crippen LogP contribution in [-0.4, -0.2) is 9.55 Å². The quantitative estimate of drug-likeness (QED) is 0.404. The van der Waals surface area contributed by atoms with Gasteiger partial charge in [-0.1, -0.05) is 59.7 Å². The second-order valence-corrected chi connectivity index (χ2v) is 8.07. The predicted molar refractivity (Wildman–Crippen MR) is 119 cm³/mol. The van der Waals surface area contributed by atoms with Crippen LogP contribution in [0.4, 0.5) is 0 Å². The summed E-state index contributed by atoms with van der Waals surface area (Å²) < 4.78 is 1.73. The Morgan fingerprint density at radius 1 is 1.00 bits per heavy atom. The van der Waals surface area contributed by atoms with Crippen LogP contribution in [0.15, 0.2) is 58.7 Å². The number of aryl methyl sites for hydroxylation is 2. The third kappa shape index (κ3) is 3.72. The molecule has 0 unspecified atom stereocenters. The Kier molecular flexibility index (Phi) is 5.28. The Hall–Kier alpha value is -3.23. The molecule has 0 atom stereocenters. The molecule has 5 heteroatoms. The molecule has 0 aliphatic carbocycles. The average molecular weight is 400 g/mol. The van der Waals surface area contributed by atoms with E-state index in [9.17, 15) is 4.79 Å². The van der Waals surface area contributed by atoms with Crippen LogP contribution in [0.3, 0.4) is 0 Å². The van der Waals surface area contributed by atoms with Gasteiger partial charge in [-0.15, -0.1) is 11.3 Å². The molecule has 0 saturated heterocycles. The summed E-state index contributed by atoms with van der Waals surface area (Å²) in [4.78, 5) is 19.2. The highest BCUT2D eigenvalue weighted by molar-refractivity contribution is 7.17. The topological polar surface area (TPSA) is 58.7 Å². The molecule has 0 amide bonds. The van der Waals surface area contributed by atoms with Crippen molar-refractivity contribution in [3.05, 3.63) is 75.4 Å². The van der Waals surface area contributed by atoms with E-state index in [4.69, 9.17) is 10.2 Å². The zero-order chi connectivity index (χ0) is 20.4. The second-order valence-electron chi connectivity index (χ2n) is 7.22. The van der Waals surface area contributed by atoms with Crippen molar-refractivity contribution in [2.75, 3.05) is 0 Å². The number of aromatic nitrogens is 2. The van der Waals surface area contributed by atoms with E-state index >= 15 is 0 Å². The Balaban J connectivity index is 1.93. The van der Waals surface area contributed by atoms with Crippen LogP contribution in [0.2, 0.25) is 0 Å². The highest BCUT2D eigenvalue weighted by Gasteiger charge is 2.18. The van der Waals surface area contributed by atoms with Crippen molar-refractivity contribution in [1.82, 2.24) is 9.55 Å². The van der Waals surface area contributed by atoms with E-state index in [1.165, 1.54) is 16.9 Å². The lowest BCUT2D eigenvalue weighted by atomic mass is 10.0. The van der Waals surface area contributed by atoms with Crippen molar-refractivity contribution in [1.29, 1.82) is 5.26 Å². The molecule has 2 aromatic carbocycles. The lowest BCUT2D eigenvalue weighted by Gasteiger charge is -2.13. The minimum absolute atomic E-state index is 0.0414. The molecule has 0 fully saturated rings. The van der Waals surface area contributed by atoms with Crippen molar-refractivity contribution in [2.24, 2.45) is 0 Å². The summed E-state index contributed by atoms with van der Waals surface area (Å²) in [6.45, 7) is 4.56. The smallest absolute Gasteiger partial charge is 0.263 e. The van der Waals surface area contributed by atoms with Gasteiger partial charge in [0.15, 0.2) is 0 Å². The van der Waals surface area contributed by atoms with E-state index < -0.39 is 0 Å². The number of unbranched alkanes of at least 4 members (excludes halogenated alkanes) is 1. The van der Waals surface area contributed by atoms with Crippen LogP contribution in [0.25, 0.3) is 32.7 Å². The van der Waals surface area contributed by atoms with Gasteiger partial charge in [-0.3, -0.25) is 9.36 Å². The first-order valence-electron chi connectivity index (χ1n) is 9.61. The molecule has 0 aliphatic heterocycles. The number of nitrogens with zero attached hydrogens (tertiary/aromatic N) is 3. The van der Waals surface area contributed by atoms with Gasteiger partial charge in [-0.2, -0.15) is 5.26 Å². The number of rotatable bonds is 5. The van der Waals surface area contributed by atoms with Crippen molar-refractivity contribution in [2.45, 2.75) is 33.2 Å². The Morgan fingerprint density at radius 2 is 1.62 bits per heavy atom. The summed E-state index contributed by atoms with van der Waals surface area (Å²) in [6, 6.07) is 18.4. The van der Waals surface area contributed by atoms with Crippen LogP contribution >= 0.6 is 11.3 Å². The first kappa shape index (κ1) is 19.1. The second kappa shape index (κ2) is 8.02. The van der Waals surface area contributed by atoms with Gasteiger partial charge >= 0.3 is 0 Å². The first-order chi connectivity index (χ1) is 14.1. The van der Waals surface area contributed by atoms with E-state index in [1.54, 1.807) is 4.57 Å². The van der Waals surface area contributed by atoms with E-state index in [-0.39, 0.29) is 5.56 Å². The molecule has 0 radical (unpaired) electrons. The SMILES string of the molecule is Cc1ccc(-c2csc3nc(-c4ccc(C)cc4)n(CCCC#N)c(=O)c23)cc1. The molecule has 0 saturated carbocycles. The summed E-state index contributed by atoms with van der Waals surface area (Å²) in [5.41, 5.74) is 5.16. The summed E-state index contributed by atoms with van der Waals surface area (Å²) in [7, 11) is 0. The minimum Gasteiger partial charge on any atom is -0.292 e. The molecule has 4 rings (SSSR count). The third-order valence-electron chi connectivity index (χ3n) is 5.04. The molecule has 4 nitrogen and oxygen atoms in total. The standard InChI is InChI=1S/C24H21N3OS/c1-16-5-9-18(10-6-16)20-15-29-23-21(20)24(28)27(14-4-3-13-25)22(26-23)19-11-7-17(2)8-12-19/h5-12,15H,3-4,14H2,1-2H3. The Labute approximate surface area is 173 Å². The molecule has 4 aromatic rings. The predicted octanol–water partition coefficient (Wildman–Crippen LogP) is 5.71. The molecule has 2 aromatic heterocycles. The third-order valence-corrected chi connectivity index (χ3v) is 5.91. The summed E-state index contributed by atoms with van der Waals surface area (Å²) in [6.07, 6.45) is 1.03. The van der Waals surface area contributed by atoms with E-state index in [1.807, 2.05) is 55.6 Å². The number of nitriles is 1. The number of fused-ring (bicyclic) bond motifs is 1. The monoisotopic (exact) mass is 399 g/mol. The van der Waals surface area contributed by atoms with Gasteiger partial charge in [0.2, 0.25) is 0 Å². The van der Waals surface area contributed by atoms with Gasteiger partial charge in [-0.05, 0) is 25.8 Å².